The van der Waals surface area contributed by atoms with Gasteiger partial charge in [-0.05, 0) is 43.6 Å². The van der Waals surface area contributed by atoms with Crippen LogP contribution in [-0.2, 0) is 9.53 Å². The Labute approximate surface area is 139 Å². The summed E-state index contributed by atoms with van der Waals surface area (Å²) in [6, 6.07) is 0. The van der Waals surface area contributed by atoms with Crippen LogP contribution in [-0.4, -0.2) is 42.9 Å². The van der Waals surface area contributed by atoms with E-state index in [0.717, 1.165) is 31.3 Å². The summed E-state index contributed by atoms with van der Waals surface area (Å²) in [7, 11) is 2.11. The van der Waals surface area contributed by atoms with Crippen LogP contribution in [0.15, 0.2) is 17.1 Å². The highest BCUT2D eigenvalue weighted by molar-refractivity contribution is 5.93. The molecule has 4 aliphatic rings. The molecule has 5 unspecified atom stereocenters. The van der Waals surface area contributed by atoms with Crippen molar-refractivity contribution in [2.75, 3.05) is 20.1 Å². The van der Waals surface area contributed by atoms with Gasteiger partial charge in [0.05, 0.1) is 12.5 Å². The number of cyclic esters (lactones) is 1. The molecule has 0 N–H and O–H groups in total. The molecule has 4 rings (SSSR count). The predicted molar refractivity (Wildman–Crippen MR) is 90.2 cm³/mol. The van der Waals surface area contributed by atoms with Crippen LogP contribution in [0.1, 0.15) is 39.0 Å². The second-order valence-electron chi connectivity index (χ2n) is 7.87. The molecule has 0 radical (unpaired) electrons. The van der Waals surface area contributed by atoms with E-state index in [1.807, 2.05) is 0 Å². The van der Waals surface area contributed by atoms with Gasteiger partial charge in [-0.25, -0.2) is 0 Å². The highest BCUT2D eigenvalue weighted by atomic mass is 16.6. The van der Waals surface area contributed by atoms with Crippen LogP contribution in [0, 0.1) is 29.6 Å². The molecule has 0 aromatic rings. The largest absolute Gasteiger partial charge is 0.462 e. The highest BCUT2D eigenvalue weighted by Crippen LogP contribution is 2.53. The van der Waals surface area contributed by atoms with Crippen molar-refractivity contribution in [3.63, 3.8) is 0 Å². The molecule has 3 fully saturated rings. The fourth-order valence-corrected chi connectivity index (χ4v) is 5.51. The molecule has 0 spiro atoms. The number of carbonyl (C=O) groups excluding carboxylic acids is 1. The Balaban J connectivity index is 1.62. The Morgan fingerprint density at radius 3 is 2.91 bits per heavy atom. The number of hydrogen-bond acceptors (Lipinski definition) is 4. The lowest BCUT2D eigenvalue weighted by molar-refractivity contribution is -0.144. The first kappa shape index (κ1) is 15.2. The van der Waals surface area contributed by atoms with Crippen molar-refractivity contribution in [1.29, 1.82) is 0 Å². The molecule has 4 nitrogen and oxygen atoms in total. The number of nitrogens with zero attached hydrogens (tertiary/aromatic N) is 2. The number of hydrogen-bond donors (Lipinski definition) is 0. The van der Waals surface area contributed by atoms with Crippen molar-refractivity contribution in [2.24, 2.45) is 34.6 Å². The number of amidine groups is 1. The molecule has 1 saturated heterocycles. The number of likely N-dealkylation sites (N-methyl/N-ethyl adjacent to an activating group) is 1. The zero-order valence-electron chi connectivity index (χ0n) is 14.3. The Morgan fingerprint density at radius 1 is 1.30 bits per heavy atom. The summed E-state index contributed by atoms with van der Waals surface area (Å²) in [6.07, 6.45) is 11.0. The SMILES string of the molecule is CC1OC(=O)C2CC3CCCCC3[C@@H](/C=C/C3=NCCN3C)C12. The summed E-state index contributed by atoms with van der Waals surface area (Å²) in [5.41, 5.74) is 0. The maximum atomic E-state index is 12.3. The Hall–Kier alpha value is -1.32. The fraction of sp³-hybridized carbons (Fsp3) is 0.789. The van der Waals surface area contributed by atoms with Gasteiger partial charge in [0.1, 0.15) is 11.9 Å². The number of ether oxygens (including phenoxy) is 1. The lowest BCUT2D eigenvalue weighted by Gasteiger charge is -2.45. The predicted octanol–water partition coefficient (Wildman–Crippen LogP) is 2.89. The van der Waals surface area contributed by atoms with Crippen LogP contribution in [0.25, 0.3) is 0 Å². The summed E-state index contributed by atoms with van der Waals surface area (Å²) < 4.78 is 5.62. The van der Waals surface area contributed by atoms with Crippen molar-refractivity contribution < 1.29 is 9.53 Å². The lowest BCUT2D eigenvalue weighted by atomic mass is 9.57. The average Bonchev–Trinajstić information content (AvgIpc) is 3.08. The van der Waals surface area contributed by atoms with Crippen molar-refractivity contribution in [2.45, 2.75) is 45.1 Å². The van der Waals surface area contributed by atoms with Gasteiger partial charge in [-0.1, -0.05) is 25.3 Å². The molecule has 2 aliphatic carbocycles. The summed E-state index contributed by atoms with van der Waals surface area (Å²) in [5, 5.41) is 0. The van der Waals surface area contributed by atoms with Gasteiger partial charge in [0, 0.05) is 19.5 Å². The van der Waals surface area contributed by atoms with E-state index in [4.69, 9.17) is 4.74 Å². The minimum Gasteiger partial charge on any atom is -0.462 e. The van der Waals surface area contributed by atoms with E-state index in [1.165, 1.54) is 25.7 Å². The first-order valence-corrected chi connectivity index (χ1v) is 9.29. The van der Waals surface area contributed by atoms with Gasteiger partial charge in [-0.15, -0.1) is 0 Å². The fourth-order valence-electron chi connectivity index (χ4n) is 5.51. The summed E-state index contributed by atoms with van der Waals surface area (Å²) in [6.45, 7) is 4.00. The van der Waals surface area contributed by atoms with Crippen molar-refractivity contribution in [3.05, 3.63) is 12.2 Å². The number of allylic oxidation sites excluding steroid dienone is 1. The molecule has 0 bridgehead atoms. The third kappa shape index (κ3) is 2.60. The normalized spacial score (nSPS) is 43.3. The van der Waals surface area contributed by atoms with Gasteiger partial charge < -0.3 is 9.64 Å². The van der Waals surface area contributed by atoms with Gasteiger partial charge in [0.25, 0.3) is 0 Å². The molecule has 0 amide bonds. The molecule has 23 heavy (non-hydrogen) atoms. The molecule has 4 heteroatoms. The van der Waals surface area contributed by atoms with Gasteiger partial charge in [-0.2, -0.15) is 0 Å². The molecule has 126 valence electrons. The Kier molecular flexibility index (Phi) is 3.94. The molecule has 0 aromatic carbocycles. The second-order valence-corrected chi connectivity index (χ2v) is 7.87. The van der Waals surface area contributed by atoms with Crippen molar-refractivity contribution in [1.82, 2.24) is 4.90 Å². The Bertz CT molecular complexity index is 541. The van der Waals surface area contributed by atoms with Gasteiger partial charge >= 0.3 is 5.97 Å². The standard InChI is InChI=1S/C19H28N2O2/c1-12-18-15(7-8-17-20-9-10-21(17)2)14-6-4-3-5-13(14)11-16(18)19(22)23-12/h7-8,12-16,18H,3-6,9-11H2,1-2H3/b8-7+/t12?,13?,14?,15-,16?,18?/m1/s1. The smallest absolute Gasteiger partial charge is 0.309 e. The number of rotatable bonds is 2. The molecular weight excluding hydrogens is 288 g/mol. The van der Waals surface area contributed by atoms with Crippen LogP contribution in [0.3, 0.4) is 0 Å². The van der Waals surface area contributed by atoms with Crippen molar-refractivity contribution >= 4 is 11.8 Å². The van der Waals surface area contributed by atoms with Gasteiger partial charge in [0.15, 0.2) is 0 Å². The first-order chi connectivity index (χ1) is 11.1. The molecule has 2 saturated carbocycles. The summed E-state index contributed by atoms with van der Waals surface area (Å²) in [5.74, 6) is 3.55. The molecular formula is C19H28N2O2. The third-order valence-electron chi connectivity index (χ3n) is 6.64. The van der Waals surface area contributed by atoms with E-state index in [0.29, 0.717) is 17.8 Å². The van der Waals surface area contributed by atoms with E-state index in [2.05, 4.69) is 36.0 Å². The quantitative estimate of drug-likeness (QED) is 0.736. The van der Waals surface area contributed by atoms with Gasteiger partial charge in [0.2, 0.25) is 0 Å². The molecule has 2 heterocycles. The van der Waals surface area contributed by atoms with Crippen LogP contribution in [0.4, 0.5) is 0 Å². The van der Waals surface area contributed by atoms with E-state index in [1.54, 1.807) is 0 Å². The number of aliphatic imine (C=N–C) groups is 1. The monoisotopic (exact) mass is 316 g/mol. The summed E-state index contributed by atoms with van der Waals surface area (Å²) in [4.78, 5) is 19.1. The van der Waals surface area contributed by atoms with Gasteiger partial charge in [-0.3, -0.25) is 9.79 Å². The van der Waals surface area contributed by atoms with E-state index >= 15 is 0 Å². The van der Waals surface area contributed by atoms with Crippen molar-refractivity contribution in [3.8, 4) is 0 Å². The molecule has 6 atom stereocenters. The van der Waals surface area contributed by atoms with Crippen LogP contribution in [0.5, 0.6) is 0 Å². The van der Waals surface area contributed by atoms with E-state index in [9.17, 15) is 4.79 Å². The van der Waals surface area contributed by atoms with Crippen LogP contribution < -0.4 is 0 Å². The zero-order valence-corrected chi connectivity index (χ0v) is 14.3. The first-order valence-electron chi connectivity index (χ1n) is 9.29. The number of fused-ring (bicyclic) bond motifs is 2. The third-order valence-corrected chi connectivity index (χ3v) is 6.64. The zero-order chi connectivity index (χ0) is 16.0. The topological polar surface area (TPSA) is 41.9 Å². The number of esters is 1. The minimum atomic E-state index is 0.0558. The van der Waals surface area contributed by atoms with Crippen LogP contribution in [0.2, 0.25) is 0 Å². The summed E-state index contributed by atoms with van der Waals surface area (Å²) >= 11 is 0. The minimum absolute atomic E-state index is 0.0558. The van der Waals surface area contributed by atoms with E-state index < -0.39 is 0 Å². The number of carbonyl (C=O) groups is 1. The molecule has 0 aromatic heterocycles. The highest BCUT2D eigenvalue weighted by Gasteiger charge is 2.53. The van der Waals surface area contributed by atoms with Crippen LogP contribution >= 0.6 is 0 Å². The second kappa shape index (κ2) is 5.95. The lowest BCUT2D eigenvalue weighted by Crippen LogP contribution is -2.42. The average molecular weight is 316 g/mol. The molecule has 2 aliphatic heterocycles. The maximum absolute atomic E-state index is 12.3. The Morgan fingerprint density at radius 2 is 2.13 bits per heavy atom. The maximum Gasteiger partial charge on any atom is 0.309 e. The van der Waals surface area contributed by atoms with E-state index in [-0.39, 0.29) is 18.0 Å².